The molecular weight excluding hydrogens is 343 g/mol. The van der Waals surface area contributed by atoms with E-state index in [0.29, 0.717) is 5.56 Å². The van der Waals surface area contributed by atoms with Gasteiger partial charge < -0.3 is 5.32 Å². The summed E-state index contributed by atoms with van der Waals surface area (Å²) in [6, 6.07) is 14.8. The predicted molar refractivity (Wildman–Crippen MR) is 93.8 cm³/mol. The average molecular weight is 356 g/mol. The third kappa shape index (κ3) is 4.30. The number of anilines is 1. The van der Waals surface area contributed by atoms with Crippen molar-refractivity contribution in [1.29, 1.82) is 0 Å². The minimum atomic E-state index is -0.513. The molecule has 3 aromatic rings. The van der Waals surface area contributed by atoms with E-state index in [9.17, 15) is 14.0 Å². The quantitative estimate of drug-likeness (QED) is 0.686. The molecular formula is C17H13FN4O2S. The molecule has 0 aliphatic rings. The van der Waals surface area contributed by atoms with Crippen molar-refractivity contribution in [1.82, 2.24) is 15.2 Å². The molecule has 0 saturated carbocycles. The van der Waals surface area contributed by atoms with Crippen LogP contribution < -0.4 is 10.9 Å². The van der Waals surface area contributed by atoms with Crippen LogP contribution in [0, 0.1) is 5.82 Å². The van der Waals surface area contributed by atoms with E-state index in [1.807, 2.05) is 6.07 Å². The number of carbonyl (C=O) groups excluding carboxylic acids is 1. The van der Waals surface area contributed by atoms with Crippen molar-refractivity contribution in [2.24, 2.45) is 0 Å². The summed E-state index contributed by atoms with van der Waals surface area (Å²) in [5, 5.41) is 10.5. The summed E-state index contributed by atoms with van der Waals surface area (Å²) in [7, 11) is 0. The second-order valence-corrected chi connectivity index (χ2v) is 5.95. The Labute approximate surface area is 146 Å². The second-order valence-electron chi connectivity index (χ2n) is 4.99. The number of thioether (sulfide) groups is 1. The molecule has 0 radical (unpaired) electrons. The first-order valence-electron chi connectivity index (χ1n) is 7.33. The number of amides is 1. The lowest BCUT2D eigenvalue weighted by molar-refractivity contribution is -0.113. The molecule has 2 N–H and O–H groups in total. The lowest BCUT2D eigenvalue weighted by Crippen LogP contribution is -2.17. The highest BCUT2D eigenvalue weighted by Crippen LogP contribution is 2.16. The number of hydrogen-bond acceptors (Lipinski definition) is 5. The number of aromatic amines is 1. The fraction of sp³-hybridized carbons (Fsp3) is 0.0588. The first-order valence-corrected chi connectivity index (χ1v) is 8.31. The molecule has 8 heteroatoms. The van der Waals surface area contributed by atoms with Gasteiger partial charge in [0.1, 0.15) is 5.82 Å². The van der Waals surface area contributed by atoms with Gasteiger partial charge in [-0.25, -0.2) is 4.39 Å². The fourth-order valence-corrected chi connectivity index (χ4v) is 2.66. The topological polar surface area (TPSA) is 87.7 Å². The first kappa shape index (κ1) is 16.8. The number of aromatic nitrogens is 3. The van der Waals surface area contributed by atoms with Crippen molar-refractivity contribution < 1.29 is 9.18 Å². The minimum absolute atomic E-state index is 0.0381. The fourth-order valence-electron chi connectivity index (χ4n) is 2.05. The zero-order chi connectivity index (χ0) is 17.6. The highest BCUT2D eigenvalue weighted by Gasteiger charge is 2.10. The van der Waals surface area contributed by atoms with Crippen LogP contribution in [0.15, 0.2) is 64.5 Å². The Balaban J connectivity index is 1.64. The number of hydrogen-bond donors (Lipinski definition) is 2. The van der Waals surface area contributed by atoms with Crippen LogP contribution in [-0.4, -0.2) is 26.8 Å². The molecule has 1 heterocycles. The van der Waals surface area contributed by atoms with Crippen LogP contribution in [0.5, 0.6) is 0 Å². The SMILES string of the molecule is O=C(CSc1nnc(-c2ccccc2)c(=O)[nH]1)Nc1ccccc1F. The Morgan fingerprint density at radius 2 is 1.80 bits per heavy atom. The monoisotopic (exact) mass is 356 g/mol. The molecule has 0 unspecified atom stereocenters. The van der Waals surface area contributed by atoms with Gasteiger partial charge in [-0.2, -0.15) is 0 Å². The van der Waals surface area contributed by atoms with E-state index in [1.165, 1.54) is 18.2 Å². The zero-order valence-corrected chi connectivity index (χ0v) is 13.7. The molecule has 0 fully saturated rings. The maximum atomic E-state index is 13.5. The second kappa shape index (κ2) is 7.71. The van der Waals surface area contributed by atoms with Crippen molar-refractivity contribution in [2.75, 3.05) is 11.1 Å². The van der Waals surface area contributed by atoms with Gasteiger partial charge in [0.05, 0.1) is 11.4 Å². The normalized spacial score (nSPS) is 10.4. The van der Waals surface area contributed by atoms with Crippen LogP contribution in [0.4, 0.5) is 10.1 Å². The Hall–Kier alpha value is -3.00. The molecule has 2 aromatic carbocycles. The van der Waals surface area contributed by atoms with Crippen LogP contribution in [0.3, 0.4) is 0 Å². The first-order chi connectivity index (χ1) is 12.1. The molecule has 0 saturated heterocycles. The van der Waals surface area contributed by atoms with E-state index in [2.05, 4.69) is 20.5 Å². The highest BCUT2D eigenvalue weighted by molar-refractivity contribution is 7.99. The summed E-state index contributed by atoms with van der Waals surface area (Å²) in [6.07, 6.45) is 0. The van der Waals surface area contributed by atoms with Crippen molar-refractivity contribution in [3.63, 3.8) is 0 Å². The number of para-hydroxylation sites is 1. The van der Waals surface area contributed by atoms with E-state index in [0.717, 1.165) is 11.8 Å². The van der Waals surface area contributed by atoms with Crippen LogP contribution in [0.25, 0.3) is 11.3 Å². The number of rotatable bonds is 5. The van der Waals surface area contributed by atoms with Gasteiger partial charge in [-0.05, 0) is 12.1 Å². The van der Waals surface area contributed by atoms with E-state index in [-0.39, 0.29) is 22.3 Å². The van der Waals surface area contributed by atoms with E-state index in [1.54, 1.807) is 30.3 Å². The smallest absolute Gasteiger partial charge is 0.278 e. The Bertz CT molecular complexity index is 947. The maximum absolute atomic E-state index is 13.5. The van der Waals surface area contributed by atoms with E-state index < -0.39 is 17.3 Å². The maximum Gasteiger partial charge on any atom is 0.278 e. The number of nitrogens with zero attached hydrogens (tertiary/aromatic N) is 2. The molecule has 0 atom stereocenters. The predicted octanol–water partition coefficient (Wildman–Crippen LogP) is 2.70. The molecule has 0 bridgehead atoms. The van der Waals surface area contributed by atoms with Gasteiger partial charge in [-0.3, -0.25) is 14.6 Å². The largest absolute Gasteiger partial charge is 0.323 e. The van der Waals surface area contributed by atoms with Gasteiger partial charge >= 0.3 is 0 Å². The molecule has 126 valence electrons. The Morgan fingerprint density at radius 3 is 2.52 bits per heavy atom. The molecule has 0 aliphatic heterocycles. The summed E-state index contributed by atoms with van der Waals surface area (Å²) in [6.45, 7) is 0. The van der Waals surface area contributed by atoms with Gasteiger partial charge in [-0.15, -0.1) is 10.2 Å². The van der Waals surface area contributed by atoms with Crippen LogP contribution in [0.1, 0.15) is 0 Å². The number of benzene rings is 2. The summed E-state index contributed by atoms with van der Waals surface area (Å²) in [4.78, 5) is 26.6. The lowest BCUT2D eigenvalue weighted by Gasteiger charge is -2.05. The number of nitrogens with one attached hydrogen (secondary N) is 2. The summed E-state index contributed by atoms with van der Waals surface area (Å²) >= 11 is 1.01. The lowest BCUT2D eigenvalue weighted by atomic mass is 10.2. The number of carbonyl (C=O) groups is 1. The standard InChI is InChI=1S/C17H13FN4O2S/c18-12-8-4-5-9-13(12)19-14(23)10-25-17-20-16(24)15(21-22-17)11-6-2-1-3-7-11/h1-9H,10H2,(H,19,23)(H,20,22,24). The van der Waals surface area contributed by atoms with Gasteiger partial charge in [0.15, 0.2) is 10.9 Å². The average Bonchev–Trinajstić information content (AvgIpc) is 2.63. The molecule has 1 amide bonds. The molecule has 25 heavy (non-hydrogen) atoms. The van der Waals surface area contributed by atoms with Crippen LogP contribution >= 0.6 is 11.8 Å². The highest BCUT2D eigenvalue weighted by atomic mass is 32.2. The third-order valence-electron chi connectivity index (χ3n) is 3.21. The Kier molecular flexibility index (Phi) is 5.20. The Morgan fingerprint density at radius 1 is 1.08 bits per heavy atom. The number of H-pyrrole nitrogens is 1. The molecule has 1 aromatic heterocycles. The third-order valence-corrected chi connectivity index (χ3v) is 4.08. The van der Waals surface area contributed by atoms with Gasteiger partial charge in [0.2, 0.25) is 5.91 Å². The van der Waals surface area contributed by atoms with Crippen molar-refractivity contribution in [3.8, 4) is 11.3 Å². The van der Waals surface area contributed by atoms with E-state index in [4.69, 9.17) is 0 Å². The van der Waals surface area contributed by atoms with Crippen LogP contribution in [0.2, 0.25) is 0 Å². The van der Waals surface area contributed by atoms with Crippen molar-refractivity contribution >= 4 is 23.4 Å². The molecule has 3 rings (SSSR count). The van der Waals surface area contributed by atoms with E-state index >= 15 is 0 Å². The van der Waals surface area contributed by atoms with Gasteiger partial charge in [-0.1, -0.05) is 54.2 Å². The van der Waals surface area contributed by atoms with Gasteiger partial charge in [0, 0.05) is 5.56 Å². The molecule has 0 spiro atoms. The van der Waals surface area contributed by atoms with Crippen molar-refractivity contribution in [2.45, 2.75) is 5.16 Å². The summed E-state index contributed by atoms with van der Waals surface area (Å²) in [5.74, 6) is -0.963. The molecule has 0 aliphatic carbocycles. The minimum Gasteiger partial charge on any atom is -0.323 e. The zero-order valence-electron chi connectivity index (χ0n) is 12.9. The van der Waals surface area contributed by atoms with Crippen molar-refractivity contribution in [3.05, 3.63) is 70.8 Å². The number of halogens is 1. The summed E-state index contributed by atoms with van der Waals surface area (Å²) in [5.41, 5.74) is 0.580. The molecule has 6 nitrogen and oxygen atoms in total. The van der Waals surface area contributed by atoms with Crippen LogP contribution in [-0.2, 0) is 4.79 Å². The van der Waals surface area contributed by atoms with Gasteiger partial charge in [0.25, 0.3) is 5.56 Å². The summed E-state index contributed by atoms with van der Waals surface area (Å²) < 4.78 is 13.5.